The summed E-state index contributed by atoms with van der Waals surface area (Å²) >= 11 is 0. The molecule has 2 heteroatoms. The van der Waals surface area contributed by atoms with Gasteiger partial charge in [0.15, 0.2) is 0 Å². The van der Waals surface area contributed by atoms with E-state index >= 15 is 0 Å². The van der Waals surface area contributed by atoms with Crippen LogP contribution in [0.5, 0.6) is 0 Å². The first-order valence-corrected chi connectivity index (χ1v) is 7.14. The van der Waals surface area contributed by atoms with Gasteiger partial charge < -0.3 is 9.64 Å². The molecule has 2 saturated heterocycles. The summed E-state index contributed by atoms with van der Waals surface area (Å²) in [5.41, 5.74) is 0. The fourth-order valence-corrected chi connectivity index (χ4v) is 2.92. The van der Waals surface area contributed by atoms with E-state index in [9.17, 15) is 0 Å². The average molecular weight is 225 g/mol. The molecule has 0 aromatic rings. The van der Waals surface area contributed by atoms with E-state index in [-0.39, 0.29) is 0 Å². The number of nitrogens with zero attached hydrogens (tertiary/aromatic N) is 1. The molecule has 0 unspecified atom stereocenters. The molecule has 2 aliphatic rings. The molecule has 2 heterocycles. The lowest BCUT2D eigenvalue weighted by atomic mass is 9.94. The molecular weight excluding hydrogens is 198 g/mol. The van der Waals surface area contributed by atoms with Crippen molar-refractivity contribution in [1.82, 2.24) is 4.90 Å². The van der Waals surface area contributed by atoms with Crippen LogP contribution in [-0.4, -0.2) is 37.7 Å². The standard InChI is InChI=1S/C14H27NO/c1-13-4-9-15(10-5-13)8-2-3-14-6-11-16-12-7-14/h13-14H,2-12H2,1H3. The van der Waals surface area contributed by atoms with Crippen LogP contribution in [0, 0.1) is 11.8 Å². The predicted molar refractivity (Wildman–Crippen MR) is 67.6 cm³/mol. The lowest BCUT2D eigenvalue weighted by Crippen LogP contribution is -2.33. The quantitative estimate of drug-likeness (QED) is 0.729. The van der Waals surface area contributed by atoms with Crippen LogP contribution in [0.25, 0.3) is 0 Å². The Morgan fingerprint density at radius 3 is 2.44 bits per heavy atom. The molecule has 94 valence electrons. The van der Waals surface area contributed by atoms with Gasteiger partial charge in [0.05, 0.1) is 0 Å². The van der Waals surface area contributed by atoms with Gasteiger partial charge in [0.25, 0.3) is 0 Å². The monoisotopic (exact) mass is 225 g/mol. The van der Waals surface area contributed by atoms with Gasteiger partial charge in [-0.25, -0.2) is 0 Å². The van der Waals surface area contributed by atoms with Crippen LogP contribution in [0.2, 0.25) is 0 Å². The average Bonchev–Trinajstić information content (AvgIpc) is 2.33. The predicted octanol–water partition coefficient (Wildman–Crippen LogP) is 2.93. The van der Waals surface area contributed by atoms with Crippen molar-refractivity contribution < 1.29 is 4.74 Å². The van der Waals surface area contributed by atoms with Crippen molar-refractivity contribution in [2.75, 3.05) is 32.8 Å². The van der Waals surface area contributed by atoms with Gasteiger partial charge in [-0.3, -0.25) is 0 Å². The largest absolute Gasteiger partial charge is 0.381 e. The Morgan fingerprint density at radius 2 is 1.75 bits per heavy atom. The van der Waals surface area contributed by atoms with Gasteiger partial charge >= 0.3 is 0 Å². The summed E-state index contributed by atoms with van der Waals surface area (Å²) in [4.78, 5) is 2.67. The molecule has 0 radical (unpaired) electrons. The van der Waals surface area contributed by atoms with Crippen molar-refractivity contribution in [3.63, 3.8) is 0 Å². The number of hydrogen-bond acceptors (Lipinski definition) is 2. The zero-order chi connectivity index (χ0) is 11.2. The number of likely N-dealkylation sites (tertiary alicyclic amines) is 1. The van der Waals surface area contributed by atoms with Gasteiger partial charge in [-0.15, -0.1) is 0 Å². The zero-order valence-corrected chi connectivity index (χ0v) is 10.8. The number of rotatable bonds is 4. The number of hydrogen-bond donors (Lipinski definition) is 0. The van der Waals surface area contributed by atoms with E-state index in [2.05, 4.69) is 11.8 Å². The molecule has 0 aromatic heterocycles. The maximum atomic E-state index is 5.40. The van der Waals surface area contributed by atoms with Gasteiger partial charge in [-0.05, 0) is 70.0 Å². The fraction of sp³-hybridized carbons (Fsp3) is 1.00. The Bertz CT molecular complexity index is 181. The molecule has 0 amide bonds. The highest BCUT2D eigenvalue weighted by Gasteiger charge is 2.17. The Hall–Kier alpha value is -0.0800. The molecule has 0 saturated carbocycles. The summed E-state index contributed by atoms with van der Waals surface area (Å²) in [5.74, 6) is 1.92. The van der Waals surface area contributed by atoms with Crippen LogP contribution in [0.15, 0.2) is 0 Å². The topological polar surface area (TPSA) is 12.5 Å². The highest BCUT2D eigenvalue weighted by atomic mass is 16.5. The van der Waals surface area contributed by atoms with E-state index in [0.29, 0.717) is 0 Å². The molecule has 0 bridgehead atoms. The van der Waals surface area contributed by atoms with Gasteiger partial charge in [-0.2, -0.15) is 0 Å². The summed E-state index contributed by atoms with van der Waals surface area (Å²) in [6, 6.07) is 0. The Kier molecular flexibility index (Phi) is 5.11. The van der Waals surface area contributed by atoms with Crippen molar-refractivity contribution in [2.45, 2.75) is 45.4 Å². The third kappa shape index (κ3) is 4.06. The van der Waals surface area contributed by atoms with Crippen molar-refractivity contribution in [3.8, 4) is 0 Å². The molecule has 0 spiro atoms. The first kappa shape index (κ1) is 12.4. The van der Waals surface area contributed by atoms with Crippen LogP contribution < -0.4 is 0 Å². The van der Waals surface area contributed by atoms with Crippen LogP contribution in [0.4, 0.5) is 0 Å². The lowest BCUT2D eigenvalue weighted by Gasteiger charge is -2.30. The molecule has 16 heavy (non-hydrogen) atoms. The minimum absolute atomic E-state index is 0.956. The smallest absolute Gasteiger partial charge is 0.0468 e. The van der Waals surface area contributed by atoms with Crippen LogP contribution in [-0.2, 0) is 4.74 Å². The summed E-state index contributed by atoms with van der Waals surface area (Å²) < 4.78 is 5.40. The molecule has 0 N–H and O–H groups in total. The van der Waals surface area contributed by atoms with Crippen molar-refractivity contribution in [1.29, 1.82) is 0 Å². The molecule has 2 rings (SSSR count). The summed E-state index contributed by atoms with van der Waals surface area (Å²) in [6.07, 6.45) is 8.26. The summed E-state index contributed by atoms with van der Waals surface area (Å²) in [5, 5.41) is 0. The third-order valence-corrected chi connectivity index (χ3v) is 4.30. The molecule has 0 aromatic carbocycles. The van der Waals surface area contributed by atoms with Gasteiger partial charge in [0, 0.05) is 13.2 Å². The van der Waals surface area contributed by atoms with E-state index in [1.54, 1.807) is 0 Å². The van der Waals surface area contributed by atoms with E-state index in [4.69, 9.17) is 4.74 Å². The molecule has 2 fully saturated rings. The molecular formula is C14H27NO. The van der Waals surface area contributed by atoms with Crippen LogP contribution in [0.3, 0.4) is 0 Å². The third-order valence-electron chi connectivity index (χ3n) is 4.30. The molecule has 2 nitrogen and oxygen atoms in total. The van der Waals surface area contributed by atoms with E-state index in [1.165, 1.54) is 58.2 Å². The molecule has 0 atom stereocenters. The second-order valence-corrected chi connectivity index (χ2v) is 5.72. The second-order valence-electron chi connectivity index (χ2n) is 5.72. The van der Waals surface area contributed by atoms with Gasteiger partial charge in [-0.1, -0.05) is 6.92 Å². The minimum atomic E-state index is 0.956. The first-order valence-electron chi connectivity index (χ1n) is 7.14. The van der Waals surface area contributed by atoms with Gasteiger partial charge in [0.1, 0.15) is 0 Å². The van der Waals surface area contributed by atoms with Crippen LogP contribution in [0.1, 0.15) is 45.4 Å². The highest BCUT2D eigenvalue weighted by Crippen LogP contribution is 2.21. The lowest BCUT2D eigenvalue weighted by molar-refractivity contribution is 0.0617. The van der Waals surface area contributed by atoms with Gasteiger partial charge in [0.2, 0.25) is 0 Å². The Morgan fingerprint density at radius 1 is 1.06 bits per heavy atom. The minimum Gasteiger partial charge on any atom is -0.381 e. The van der Waals surface area contributed by atoms with Crippen molar-refractivity contribution in [3.05, 3.63) is 0 Å². The molecule has 0 aliphatic carbocycles. The maximum absolute atomic E-state index is 5.40. The van der Waals surface area contributed by atoms with E-state index in [0.717, 1.165) is 25.0 Å². The SMILES string of the molecule is CC1CCN(CCCC2CCOCC2)CC1. The normalized spacial score (nSPS) is 26.1. The van der Waals surface area contributed by atoms with E-state index in [1.807, 2.05) is 0 Å². The zero-order valence-electron chi connectivity index (χ0n) is 10.8. The summed E-state index contributed by atoms with van der Waals surface area (Å²) in [6.45, 7) is 8.42. The number of ether oxygens (including phenoxy) is 1. The number of piperidine rings is 1. The molecule has 2 aliphatic heterocycles. The highest BCUT2D eigenvalue weighted by molar-refractivity contribution is 4.70. The maximum Gasteiger partial charge on any atom is 0.0468 e. The Balaban J connectivity index is 1.53. The fourth-order valence-electron chi connectivity index (χ4n) is 2.92. The second kappa shape index (κ2) is 6.61. The first-order chi connectivity index (χ1) is 7.84. The summed E-state index contributed by atoms with van der Waals surface area (Å²) in [7, 11) is 0. The Labute approximate surface area is 100 Å². The van der Waals surface area contributed by atoms with Crippen LogP contribution >= 0.6 is 0 Å². The van der Waals surface area contributed by atoms with Crippen molar-refractivity contribution in [2.24, 2.45) is 11.8 Å². The van der Waals surface area contributed by atoms with Crippen molar-refractivity contribution >= 4 is 0 Å². The van der Waals surface area contributed by atoms with E-state index < -0.39 is 0 Å².